The van der Waals surface area contributed by atoms with Crippen molar-refractivity contribution in [2.45, 2.75) is 38.1 Å². The van der Waals surface area contributed by atoms with Crippen molar-refractivity contribution < 1.29 is 14.3 Å². The molecule has 2 aromatic rings. The maximum atomic E-state index is 12.2. The van der Waals surface area contributed by atoms with Crippen LogP contribution in [0.1, 0.15) is 48.0 Å². The van der Waals surface area contributed by atoms with Crippen molar-refractivity contribution in [2.75, 3.05) is 7.11 Å². The van der Waals surface area contributed by atoms with Gasteiger partial charge in [-0.3, -0.25) is 5.43 Å². The van der Waals surface area contributed by atoms with Crippen LogP contribution in [0.2, 0.25) is 0 Å². The lowest BCUT2D eigenvalue weighted by Gasteiger charge is -2.23. The van der Waals surface area contributed by atoms with Gasteiger partial charge in [-0.2, -0.15) is 5.10 Å². The summed E-state index contributed by atoms with van der Waals surface area (Å²) in [7, 11) is 1.53. The molecule has 0 bridgehead atoms. The van der Waals surface area contributed by atoms with Crippen LogP contribution in [0.5, 0.6) is 11.5 Å². The molecular weight excluding hydrogens is 386 g/mol. The Morgan fingerprint density at radius 2 is 1.86 bits per heavy atom. The largest absolute Gasteiger partial charge is 0.493 e. The maximum Gasteiger partial charge on any atom is 0.343 e. The molecule has 0 amide bonds. The molecule has 7 heteroatoms. The van der Waals surface area contributed by atoms with E-state index < -0.39 is 5.97 Å². The summed E-state index contributed by atoms with van der Waals surface area (Å²) in [4.78, 5) is 12.2. The van der Waals surface area contributed by atoms with E-state index in [1.165, 1.54) is 26.4 Å². The van der Waals surface area contributed by atoms with Gasteiger partial charge in [-0.1, -0.05) is 37.5 Å². The summed E-state index contributed by atoms with van der Waals surface area (Å²) in [6.07, 6.45) is 7.71. The normalized spacial score (nSPS) is 14.4. The lowest BCUT2D eigenvalue weighted by molar-refractivity contribution is 0.0729. The quantitative estimate of drug-likeness (QED) is 0.246. The molecule has 2 N–H and O–H groups in total. The smallest absolute Gasteiger partial charge is 0.343 e. The van der Waals surface area contributed by atoms with Gasteiger partial charge >= 0.3 is 5.97 Å². The van der Waals surface area contributed by atoms with E-state index in [4.69, 9.17) is 21.7 Å². The molecule has 152 valence electrons. The Labute approximate surface area is 176 Å². The average Bonchev–Trinajstić information content (AvgIpc) is 2.76. The van der Waals surface area contributed by atoms with Crippen LogP contribution in [0.4, 0.5) is 0 Å². The van der Waals surface area contributed by atoms with Crippen LogP contribution in [0.3, 0.4) is 0 Å². The van der Waals surface area contributed by atoms with Crippen LogP contribution < -0.4 is 20.2 Å². The minimum Gasteiger partial charge on any atom is -0.493 e. The fraction of sp³-hybridized carbons (Fsp3) is 0.318. The van der Waals surface area contributed by atoms with E-state index in [9.17, 15) is 4.79 Å². The molecule has 0 aromatic heterocycles. The molecule has 0 heterocycles. The van der Waals surface area contributed by atoms with Crippen LogP contribution >= 0.6 is 12.2 Å². The first kappa shape index (κ1) is 20.8. The van der Waals surface area contributed by atoms with Crippen molar-refractivity contribution in [3.8, 4) is 11.5 Å². The van der Waals surface area contributed by atoms with Gasteiger partial charge in [-0.15, -0.1) is 0 Å². The van der Waals surface area contributed by atoms with Gasteiger partial charge in [0, 0.05) is 6.04 Å². The summed E-state index contributed by atoms with van der Waals surface area (Å²) < 4.78 is 10.8. The second-order valence-corrected chi connectivity index (χ2v) is 7.25. The molecule has 0 unspecified atom stereocenters. The summed E-state index contributed by atoms with van der Waals surface area (Å²) in [5, 5.41) is 8.00. The standard InChI is InChI=1S/C22H25N3O3S/c1-27-20-14-16(15-23-25-22(29)24-18-10-6-3-7-11-18)12-13-19(20)28-21(26)17-8-4-2-5-9-17/h2,4-5,8-9,12-15,18H,3,6-7,10-11H2,1H3,(H2,24,25,29)/b23-15-. The van der Waals surface area contributed by atoms with E-state index in [2.05, 4.69) is 15.8 Å². The van der Waals surface area contributed by atoms with Gasteiger partial charge in [0.05, 0.1) is 18.9 Å². The van der Waals surface area contributed by atoms with Gasteiger partial charge in [-0.25, -0.2) is 4.79 Å². The molecule has 2 aromatic carbocycles. The Hall–Kier alpha value is -2.93. The molecule has 0 spiro atoms. The number of ether oxygens (including phenoxy) is 2. The van der Waals surface area contributed by atoms with Crippen LogP contribution in [-0.4, -0.2) is 30.4 Å². The topological polar surface area (TPSA) is 71.9 Å². The van der Waals surface area contributed by atoms with Gasteiger partial charge in [0.25, 0.3) is 0 Å². The van der Waals surface area contributed by atoms with Crippen molar-refractivity contribution in [2.24, 2.45) is 5.10 Å². The van der Waals surface area contributed by atoms with E-state index in [1.807, 2.05) is 6.07 Å². The average molecular weight is 412 g/mol. The highest BCUT2D eigenvalue weighted by molar-refractivity contribution is 7.80. The zero-order chi connectivity index (χ0) is 20.5. The molecule has 3 rings (SSSR count). The lowest BCUT2D eigenvalue weighted by Crippen LogP contribution is -2.40. The van der Waals surface area contributed by atoms with E-state index >= 15 is 0 Å². The third-order valence-electron chi connectivity index (χ3n) is 4.72. The number of hydrazone groups is 1. The molecular formula is C22H25N3O3S. The van der Waals surface area contributed by atoms with Crippen LogP contribution in [0.25, 0.3) is 0 Å². The van der Waals surface area contributed by atoms with Gasteiger partial charge < -0.3 is 14.8 Å². The first-order valence-electron chi connectivity index (χ1n) is 9.70. The minimum absolute atomic E-state index is 0.348. The number of nitrogens with zero attached hydrogens (tertiary/aromatic N) is 1. The van der Waals surface area contributed by atoms with Crippen LogP contribution in [0, 0.1) is 0 Å². The summed E-state index contributed by atoms with van der Waals surface area (Å²) in [6.45, 7) is 0. The molecule has 0 atom stereocenters. The Morgan fingerprint density at radius 3 is 2.59 bits per heavy atom. The molecule has 0 saturated heterocycles. The summed E-state index contributed by atoms with van der Waals surface area (Å²) >= 11 is 5.30. The monoisotopic (exact) mass is 411 g/mol. The van der Waals surface area contributed by atoms with Crippen LogP contribution in [0.15, 0.2) is 53.6 Å². The number of thiocarbonyl (C=S) groups is 1. The summed E-state index contributed by atoms with van der Waals surface area (Å²) in [5.41, 5.74) is 4.11. The highest BCUT2D eigenvalue weighted by Crippen LogP contribution is 2.28. The van der Waals surface area contributed by atoms with Crippen molar-refractivity contribution in [3.05, 3.63) is 59.7 Å². The van der Waals surface area contributed by atoms with Crippen molar-refractivity contribution in [1.82, 2.24) is 10.7 Å². The Bertz CT molecular complexity index is 865. The molecule has 1 fully saturated rings. The Balaban J connectivity index is 1.57. The van der Waals surface area contributed by atoms with E-state index in [-0.39, 0.29) is 0 Å². The second-order valence-electron chi connectivity index (χ2n) is 6.84. The molecule has 6 nitrogen and oxygen atoms in total. The predicted octanol–water partition coefficient (Wildman–Crippen LogP) is 4.05. The third-order valence-corrected chi connectivity index (χ3v) is 4.93. The van der Waals surface area contributed by atoms with Crippen molar-refractivity contribution in [3.63, 3.8) is 0 Å². The third kappa shape index (κ3) is 6.29. The minimum atomic E-state index is -0.439. The first-order valence-corrected chi connectivity index (χ1v) is 10.1. The summed E-state index contributed by atoms with van der Waals surface area (Å²) in [5.74, 6) is 0.355. The Morgan fingerprint density at radius 1 is 1.10 bits per heavy atom. The number of esters is 1. The molecule has 0 radical (unpaired) electrons. The van der Waals surface area contributed by atoms with E-state index in [0.717, 1.165) is 18.4 Å². The molecule has 29 heavy (non-hydrogen) atoms. The number of hydrogen-bond donors (Lipinski definition) is 2. The number of carbonyl (C=O) groups is 1. The first-order chi connectivity index (χ1) is 14.2. The Kier molecular flexibility index (Phi) is 7.58. The summed E-state index contributed by atoms with van der Waals surface area (Å²) in [6, 6.07) is 14.5. The number of hydrogen-bond acceptors (Lipinski definition) is 5. The SMILES string of the molecule is COc1cc(/C=N\NC(=S)NC2CCCCC2)ccc1OC(=O)c1ccccc1. The fourth-order valence-electron chi connectivity index (χ4n) is 3.21. The van der Waals surface area contributed by atoms with E-state index in [0.29, 0.717) is 28.2 Å². The molecule has 1 aliphatic carbocycles. The molecule has 1 aliphatic rings. The number of rotatable bonds is 6. The van der Waals surface area contributed by atoms with E-state index in [1.54, 1.807) is 48.7 Å². The van der Waals surface area contributed by atoms with Gasteiger partial charge in [0.15, 0.2) is 16.6 Å². The second kappa shape index (κ2) is 10.6. The number of nitrogens with one attached hydrogen (secondary N) is 2. The van der Waals surface area contributed by atoms with Crippen LogP contribution in [-0.2, 0) is 0 Å². The van der Waals surface area contributed by atoms with Gasteiger partial charge in [-0.05, 0) is 61.0 Å². The molecule has 0 aliphatic heterocycles. The maximum absolute atomic E-state index is 12.2. The lowest BCUT2D eigenvalue weighted by atomic mass is 9.96. The predicted molar refractivity (Wildman–Crippen MR) is 118 cm³/mol. The highest BCUT2D eigenvalue weighted by Gasteiger charge is 2.14. The molecule has 1 saturated carbocycles. The fourth-order valence-corrected chi connectivity index (χ4v) is 3.43. The number of benzene rings is 2. The highest BCUT2D eigenvalue weighted by atomic mass is 32.1. The van der Waals surface area contributed by atoms with Gasteiger partial charge in [0.1, 0.15) is 0 Å². The van der Waals surface area contributed by atoms with Gasteiger partial charge in [0.2, 0.25) is 0 Å². The van der Waals surface area contributed by atoms with Crippen molar-refractivity contribution >= 4 is 29.5 Å². The number of methoxy groups -OCH3 is 1. The van der Waals surface area contributed by atoms with Crippen molar-refractivity contribution in [1.29, 1.82) is 0 Å². The zero-order valence-corrected chi connectivity index (χ0v) is 17.2. The zero-order valence-electron chi connectivity index (χ0n) is 16.4. The number of carbonyl (C=O) groups excluding carboxylic acids is 1.